The first kappa shape index (κ1) is 11.7. The van der Waals surface area contributed by atoms with E-state index in [1.807, 2.05) is 32.0 Å². The van der Waals surface area contributed by atoms with Crippen molar-refractivity contribution in [3.05, 3.63) is 18.2 Å². The summed E-state index contributed by atoms with van der Waals surface area (Å²) in [6.45, 7) is 1.96. The third-order valence-corrected chi connectivity index (χ3v) is 2.25. The topological polar surface area (TPSA) is 47.7 Å². The van der Waals surface area contributed by atoms with Gasteiger partial charge in [-0.05, 0) is 33.2 Å². The summed E-state index contributed by atoms with van der Waals surface area (Å²) in [5, 5.41) is 0. The number of hydrogen-bond acceptors (Lipinski definition) is 4. The van der Waals surface area contributed by atoms with E-state index < -0.39 is 0 Å². The zero-order chi connectivity index (χ0) is 11.4. The highest BCUT2D eigenvalue weighted by Crippen LogP contribution is 2.27. The van der Waals surface area contributed by atoms with Crippen LogP contribution in [-0.2, 0) is 0 Å². The van der Waals surface area contributed by atoms with Crippen LogP contribution in [0.5, 0.6) is 11.5 Å². The van der Waals surface area contributed by atoms with E-state index >= 15 is 0 Å². The Hall–Kier alpha value is -1.42. The summed E-state index contributed by atoms with van der Waals surface area (Å²) in [6.07, 6.45) is -0.0283. The maximum absolute atomic E-state index is 5.79. The van der Waals surface area contributed by atoms with E-state index in [0.29, 0.717) is 11.4 Å². The van der Waals surface area contributed by atoms with Crippen LogP contribution in [0.2, 0.25) is 0 Å². The van der Waals surface area contributed by atoms with Crippen LogP contribution in [0.1, 0.15) is 6.92 Å². The molecule has 0 bridgehead atoms. The van der Waals surface area contributed by atoms with Crippen molar-refractivity contribution in [1.29, 1.82) is 0 Å². The van der Waals surface area contributed by atoms with Crippen LogP contribution in [-0.4, -0.2) is 32.3 Å². The lowest BCUT2D eigenvalue weighted by Gasteiger charge is -2.22. The fraction of sp³-hybridized carbons (Fsp3) is 0.455. The standard InChI is InChI=1S/C11H18N2O2/c1-8(13(2)3)15-11-7-9(14-4)5-6-10(11)12/h5-8H,12H2,1-4H3. The molecule has 0 amide bonds. The second-order valence-electron chi connectivity index (χ2n) is 3.58. The van der Waals surface area contributed by atoms with Crippen molar-refractivity contribution in [1.82, 2.24) is 4.90 Å². The van der Waals surface area contributed by atoms with Gasteiger partial charge >= 0.3 is 0 Å². The summed E-state index contributed by atoms with van der Waals surface area (Å²) in [4.78, 5) is 1.96. The third-order valence-electron chi connectivity index (χ3n) is 2.25. The molecule has 4 nitrogen and oxygen atoms in total. The highest BCUT2D eigenvalue weighted by Gasteiger charge is 2.09. The molecule has 84 valence electrons. The molecule has 0 radical (unpaired) electrons. The van der Waals surface area contributed by atoms with Gasteiger partial charge < -0.3 is 15.2 Å². The van der Waals surface area contributed by atoms with Crippen molar-refractivity contribution in [2.24, 2.45) is 0 Å². The normalized spacial score (nSPS) is 12.6. The summed E-state index contributed by atoms with van der Waals surface area (Å²) in [7, 11) is 5.51. The zero-order valence-corrected chi connectivity index (χ0v) is 9.65. The number of benzene rings is 1. The van der Waals surface area contributed by atoms with E-state index in [9.17, 15) is 0 Å². The highest BCUT2D eigenvalue weighted by atomic mass is 16.5. The maximum Gasteiger partial charge on any atom is 0.149 e. The molecule has 15 heavy (non-hydrogen) atoms. The van der Waals surface area contributed by atoms with Crippen molar-refractivity contribution in [3.8, 4) is 11.5 Å². The molecule has 0 aromatic heterocycles. The van der Waals surface area contributed by atoms with Crippen LogP contribution < -0.4 is 15.2 Å². The van der Waals surface area contributed by atoms with Crippen LogP contribution in [0.3, 0.4) is 0 Å². The molecular formula is C11H18N2O2. The molecule has 1 rings (SSSR count). The van der Waals surface area contributed by atoms with E-state index in [-0.39, 0.29) is 6.23 Å². The minimum absolute atomic E-state index is 0.0283. The lowest BCUT2D eigenvalue weighted by molar-refractivity contribution is 0.0821. The lowest BCUT2D eigenvalue weighted by atomic mass is 10.3. The molecule has 1 aromatic rings. The van der Waals surface area contributed by atoms with Gasteiger partial charge in [-0.2, -0.15) is 0 Å². The van der Waals surface area contributed by atoms with E-state index in [4.69, 9.17) is 15.2 Å². The fourth-order valence-electron chi connectivity index (χ4n) is 1.03. The van der Waals surface area contributed by atoms with Gasteiger partial charge in [0.25, 0.3) is 0 Å². The largest absolute Gasteiger partial charge is 0.497 e. The third kappa shape index (κ3) is 3.02. The Balaban J connectivity index is 2.83. The molecule has 0 aliphatic heterocycles. The number of nitrogens with zero attached hydrogens (tertiary/aromatic N) is 1. The highest BCUT2D eigenvalue weighted by molar-refractivity contribution is 5.55. The van der Waals surface area contributed by atoms with Gasteiger partial charge in [0.1, 0.15) is 17.7 Å². The number of nitrogens with two attached hydrogens (primary N) is 1. The van der Waals surface area contributed by atoms with Gasteiger partial charge in [-0.15, -0.1) is 0 Å². The molecule has 1 aromatic carbocycles. The van der Waals surface area contributed by atoms with Gasteiger partial charge in [-0.1, -0.05) is 0 Å². The first-order valence-electron chi connectivity index (χ1n) is 4.81. The Bertz CT molecular complexity index is 326. The summed E-state index contributed by atoms with van der Waals surface area (Å²) in [6, 6.07) is 5.37. The van der Waals surface area contributed by atoms with Gasteiger partial charge in [0, 0.05) is 6.07 Å². The lowest BCUT2D eigenvalue weighted by Crippen LogP contribution is -2.30. The van der Waals surface area contributed by atoms with Crippen LogP contribution in [0.4, 0.5) is 5.69 Å². The minimum Gasteiger partial charge on any atom is -0.497 e. The van der Waals surface area contributed by atoms with Crippen LogP contribution in [0.25, 0.3) is 0 Å². The van der Waals surface area contributed by atoms with E-state index in [2.05, 4.69) is 0 Å². The van der Waals surface area contributed by atoms with Gasteiger partial charge in [0.2, 0.25) is 0 Å². The van der Waals surface area contributed by atoms with E-state index in [1.165, 1.54) is 0 Å². The summed E-state index contributed by atoms with van der Waals surface area (Å²) < 4.78 is 10.8. The molecule has 0 heterocycles. The number of hydrogen-bond donors (Lipinski definition) is 1. The quantitative estimate of drug-likeness (QED) is 0.605. The molecule has 0 aliphatic rings. The van der Waals surface area contributed by atoms with E-state index in [0.717, 1.165) is 5.75 Å². The first-order valence-corrected chi connectivity index (χ1v) is 4.81. The molecule has 1 unspecified atom stereocenters. The van der Waals surface area contributed by atoms with Crippen molar-refractivity contribution < 1.29 is 9.47 Å². The maximum atomic E-state index is 5.79. The molecule has 0 aliphatic carbocycles. The smallest absolute Gasteiger partial charge is 0.149 e. The van der Waals surface area contributed by atoms with Crippen molar-refractivity contribution in [3.63, 3.8) is 0 Å². The summed E-state index contributed by atoms with van der Waals surface area (Å²) >= 11 is 0. The fourth-order valence-corrected chi connectivity index (χ4v) is 1.03. The Morgan fingerprint density at radius 2 is 2.00 bits per heavy atom. The second-order valence-corrected chi connectivity index (χ2v) is 3.58. The van der Waals surface area contributed by atoms with Crippen LogP contribution in [0, 0.1) is 0 Å². The van der Waals surface area contributed by atoms with Gasteiger partial charge in [0.15, 0.2) is 0 Å². The minimum atomic E-state index is -0.0283. The van der Waals surface area contributed by atoms with Crippen molar-refractivity contribution >= 4 is 5.69 Å². The Labute approximate surface area is 90.6 Å². The molecule has 0 fully saturated rings. The molecule has 2 N–H and O–H groups in total. The summed E-state index contributed by atoms with van der Waals surface area (Å²) in [5.74, 6) is 1.39. The molecular weight excluding hydrogens is 192 g/mol. The number of rotatable bonds is 4. The van der Waals surface area contributed by atoms with Gasteiger partial charge in [-0.3, -0.25) is 4.90 Å². The monoisotopic (exact) mass is 210 g/mol. The average Bonchev–Trinajstić information content (AvgIpc) is 2.21. The van der Waals surface area contributed by atoms with E-state index in [1.54, 1.807) is 19.2 Å². The predicted octanol–water partition coefficient (Wildman–Crippen LogP) is 1.56. The molecule has 0 spiro atoms. The van der Waals surface area contributed by atoms with Gasteiger partial charge in [0.05, 0.1) is 12.8 Å². The molecule has 0 saturated heterocycles. The van der Waals surface area contributed by atoms with Crippen molar-refractivity contribution in [2.45, 2.75) is 13.2 Å². The molecule has 1 atom stereocenters. The first-order chi connectivity index (χ1) is 7.04. The predicted molar refractivity (Wildman–Crippen MR) is 61.2 cm³/mol. The molecule has 4 heteroatoms. The number of nitrogen functional groups attached to an aromatic ring is 1. The number of methoxy groups -OCH3 is 1. The SMILES string of the molecule is COc1ccc(N)c(OC(C)N(C)C)c1. The van der Waals surface area contributed by atoms with Crippen LogP contribution in [0.15, 0.2) is 18.2 Å². The summed E-state index contributed by atoms with van der Waals surface area (Å²) in [5.41, 5.74) is 6.41. The molecule has 0 saturated carbocycles. The average molecular weight is 210 g/mol. The van der Waals surface area contributed by atoms with Crippen molar-refractivity contribution in [2.75, 3.05) is 26.9 Å². The Morgan fingerprint density at radius 3 is 2.53 bits per heavy atom. The number of anilines is 1. The number of ether oxygens (including phenoxy) is 2. The second kappa shape index (κ2) is 4.89. The van der Waals surface area contributed by atoms with Gasteiger partial charge in [-0.25, -0.2) is 0 Å². The van der Waals surface area contributed by atoms with Crippen LogP contribution >= 0.6 is 0 Å². The Kier molecular flexibility index (Phi) is 3.80. The Morgan fingerprint density at radius 1 is 1.33 bits per heavy atom. The zero-order valence-electron chi connectivity index (χ0n) is 9.65.